The first-order valence-electron chi connectivity index (χ1n) is 8.43. The van der Waals surface area contributed by atoms with E-state index < -0.39 is 0 Å². The lowest BCUT2D eigenvalue weighted by Gasteiger charge is -2.33. The number of pyridine rings is 1. The van der Waals surface area contributed by atoms with Gasteiger partial charge in [-0.15, -0.1) is 0 Å². The molecule has 2 atom stereocenters. The fourth-order valence-corrected chi connectivity index (χ4v) is 3.80. The summed E-state index contributed by atoms with van der Waals surface area (Å²) in [5.41, 5.74) is 1.54. The summed E-state index contributed by atoms with van der Waals surface area (Å²) in [5, 5.41) is 6.32. The van der Waals surface area contributed by atoms with Gasteiger partial charge < -0.3 is 5.32 Å². The number of nitrogens with one attached hydrogen (secondary N) is 1. The lowest BCUT2D eigenvalue weighted by Crippen LogP contribution is -2.30. The van der Waals surface area contributed by atoms with Gasteiger partial charge in [-0.25, -0.2) is 0 Å². The van der Waals surface area contributed by atoms with Crippen molar-refractivity contribution < 1.29 is 0 Å². The highest BCUT2D eigenvalue weighted by Crippen LogP contribution is 2.40. The molecule has 2 unspecified atom stereocenters. The van der Waals surface area contributed by atoms with Gasteiger partial charge in [0.15, 0.2) is 0 Å². The first kappa shape index (κ1) is 14.5. The SMILES string of the molecule is CCCNCC1CCCCC1c1cccc2cnccc12. The van der Waals surface area contributed by atoms with Gasteiger partial charge in [0.05, 0.1) is 0 Å². The first-order valence-corrected chi connectivity index (χ1v) is 8.43. The highest BCUT2D eigenvalue weighted by molar-refractivity contribution is 5.85. The van der Waals surface area contributed by atoms with E-state index in [1.54, 1.807) is 0 Å². The highest BCUT2D eigenvalue weighted by atomic mass is 14.9. The van der Waals surface area contributed by atoms with Crippen LogP contribution in [0.15, 0.2) is 36.7 Å². The summed E-state index contributed by atoms with van der Waals surface area (Å²) in [7, 11) is 0. The van der Waals surface area contributed by atoms with Gasteiger partial charge in [0.25, 0.3) is 0 Å². The zero-order valence-electron chi connectivity index (χ0n) is 13.0. The maximum absolute atomic E-state index is 4.27. The molecule has 21 heavy (non-hydrogen) atoms. The van der Waals surface area contributed by atoms with Gasteiger partial charge in [-0.1, -0.05) is 38.0 Å². The monoisotopic (exact) mass is 282 g/mol. The molecule has 0 bridgehead atoms. The fraction of sp³-hybridized carbons (Fsp3) is 0.526. The molecular weight excluding hydrogens is 256 g/mol. The number of hydrogen-bond acceptors (Lipinski definition) is 2. The Kier molecular flexibility index (Phi) is 4.87. The standard InChI is InChI=1S/C19H26N2/c1-2-11-20-13-15-6-3-4-8-17(15)19-9-5-7-16-14-21-12-10-18(16)19/h5,7,9-10,12,14-15,17,20H,2-4,6,8,11,13H2,1H3. The first-order chi connectivity index (χ1) is 10.4. The summed E-state index contributed by atoms with van der Waals surface area (Å²) in [6, 6.07) is 8.91. The lowest BCUT2D eigenvalue weighted by atomic mass is 9.74. The third kappa shape index (κ3) is 3.26. The van der Waals surface area contributed by atoms with Crippen LogP contribution >= 0.6 is 0 Å². The summed E-state index contributed by atoms with van der Waals surface area (Å²) >= 11 is 0. The van der Waals surface area contributed by atoms with Gasteiger partial charge in [0, 0.05) is 17.8 Å². The van der Waals surface area contributed by atoms with Crippen LogP contribution in [0.25, 0.3) is 10.8 Å². The van der Waals surface area contributed by atoms with Crippen molar-refractivity contribution in [2.24, 2.45) is 5.92 Å². The van der Waals surface area contributed by atoms with Crippen LogP contribution in [0.3, 0.4) is 0 Å². The molecule has 1 N–H and O–H groups in total. The average molecular weight is 282 g/mol. The van der Waals surface area contributed by atoms with Crippen molar-refractivity contribution in [2.45, 2.75) is 44.9 Å². The van der Waals surface area contributed by atoms with Crippen LogP contribution in [0.1, 0.15) is 50.5 Å². The Balaban J connectivity index is 1.87. The smallest absolute Gasteiger partial charge is 0.0346 e. The molecule has 1 aliphatic carbocycles. The Morgan fingerprint density at radius 3 is 3.00 bits per heavy atom. The Morgan fingerprint density at radius 2 is 2.10 bits per heavy atom. The quantitative estimate of drug-likeness (QED) is 0.816. The normalized spacial score (nSPS) is 22.5. The molecular formula is C19H26N2. The van der Waals surface area contributed by atoms with Crippen molar-refractivity contribution in [1.29, 1.82) is 0 Å². The van der Waals surface area contributed by atoms with Crippen LogP contribution in [0.5, 0.6) is 0 Å². The molecule has 1 fully saturated rings. The van der Waals surface area contributed by atoms with Crippen molar-refractivity contribution in [3.05, 3.63) is 42.2 Å². The zero-order valence-corrected chi connectivity index (χ0v) is 13.0. The van der Waals surface area contributed by atoms with E-state index in [-0.39, 0.29) is 0 Å². The molecule has 0 saturated heterocycles. The van der Waals surface area contributed by atoms with Gasteiger partial charge in [0.1, 0.15) is 0 Å². The summed E-state index contributed by atoms with van der Waals surface area (Å²) in [6.07, 6.45) is 10.6. The van der Waals surface area contributed by atoms with E-state index in [1.165, 1.54) is 55.0 Å². The third-order valence-electron chi connectivity index (χ3n) is 4.86. The van der Waals surface area contributed by atoms with Gasteiger partial charge in [-0.05, 0) is 61.2 Å². The van der Waals surface area contributed by atoms with E-state index in [2.05, 4.69) is 41.5 Å². The molecule has 1 aliphatic rings. The van der Waals surface area contributed by atoms with Gasteiger partial charge in [-0.2, -0.15) is 0 Å². The predicted octanol–water partition coefficient (Wildman–Crippen LogP) is 4.51. The predicted molar refractivity (Wildman–Crippen MR) is 89.6 cm³/mol. The molecule has 1 aromatic heterocycles. The second kappa shape index (κ2) is 7.04. The molecule has 0 radical (unpaired) electrons. The molecule has 3 rings (SSSR count). The van der Waals surface area contributed by atoms with Crippen LogP contribution in [0.2, 0.25) is 0 Å². The molecule has 1 heterocycles. The fourth-order valence-electron chi connectivity index (χ4n) is 3.80. The van der Waals surface area contributed by atoms with Crippen LogP contribution in [-0.4, -0.2) is 18.1 Å². The second-order valence-corrected chi connectivity index (χ2v) is 6.30. The molecule has 2 nitrogen and oxygen atoms in total. The number of benzene rings is 1. The minimum Gasteiger partial charge on any atom is -0.316 e. The van der Waals surface area contributed by atoms with E-state index in [0.717, 1.165) is 12.5 Å². The van der Waals surface area contributed by atoms with Crippen molar-refractivity contribution >= 4 is 10.8 Å². The highest BCUT2D eigenvalue weighted by Gasteiger charge is 2.27. The number of aromatic nitrogens is 1. The number of rotatable bonds is 5. The van der Waals surface area contributed by atoms with Crippen LogP contribution in [0, 0.1) is 5.92 Å². The van der Waals surface area contributed by atoms with Gasteiger partial charge in [0.2, 0.25) is 0 Å². The molecule has 0 aliphatic heterocycles. The van der Waals surface area contributed by atoms with E-state index >= 15 is 0 Å². The molecule has 1 aromatic carbocycles. The number of fused-ring (bicyclic) bond motifs is 1. The maximum Gasteiger partial charge on any atom is 0.0346 e. The molecule has 0 amide bonds. The largest absolute Gasteiger partial charge is 0.316 e. The summed E-state index contributed by atoms with van der Waals surface area (Å²) in [5.74, 6) is 1.48. The minimum absolute atomic E-state index is 0.703. The second-order valence-electron chi connectivity index (χ2n) is 6.30. The van der Waals surface area contributed by atoms with Crippen molar-refractivity contribution in [1.82, 2.24) is 10.3 Å². The Labute approximate surface area is 128 Å². The molecule has 112 valence electrons. The van der Waals surface area contributed by atoms with E-state index in [0.29, 0.717) is 5.92 Å². The maximum atomic E-state index is 4.27. The third-order valence-corrected chi connectivity index (χ3v) is 4.86. The number of hydrogen-bond donors (Lipinski definition) is 1. The Hall–Kier alpha value is -1.41. The topological polar surface area (TPSA) is 24.9 Å². The van der Waals surface area contributed by atoms with E-state index in [9.17, 15) is 0 Å². The van der Waals surface area contributed by atoms with Crippen molar-refractivity contribution in [3.8, 4) is 0 Å². The summed E-state index contributed by atoms with van der Waals surface area (Å²) < 4.78 is 0. The lowest BCUT2D eigenvalue weighted by molar-refractivity contribution is 0.297. The van der Waals surface area contributed by atoms with Gasteiger partial charge >= 0.3 is 0 Å². The molecule has 0 spiro atoms. The van der Waals surface area contributed by atoms with Crippen molar-refractivity contribution in [3.63, 3.8) is 0 Å². The van der Waals surface area contributed by atoms with Crippen LogP contribution < -0.4 is 5.32 Å². The minimum atomic E-state index is 0.703. The average Bonchev–Trinajstić information content (AvgIpc) is 2.55. The van der Waals surface area contributed by atoms with E-state index in [1.807, 2.05) is 12.4 Å². The molecule has 2 aromatic rings. The molecule has 2 heteroatoms. The Bertz CT molecular complexity index is 573. The van der Waals surface area contributed by atoms with E-state index in [4.69, 9.17) is 0 Å². The van der Waals surface area contributed by atoms with Crippen molar-refractivity contribution in [2.75, 3.05) is 13.1 Å². The summed E-state index contributed by atoms with van der Waals surface area (Å²) in [4.78, 5) is 4.27. The van der Waals surface area contributed by atoms with Crippen LogP contribution in [-0.2, 0) is 0 Å². The number of nitrogens with zero attached hydrogens (tertiary/aromatic N) is 1. The Morgan fingerprint density at radius 1 is 1.19 bits per heavy atom. The van der Waals surface area contributed by atoms with Crippen LogP contribution in [0.4, 0.5) is 0 Å². The van der Waals surface area contributed by atoms with Gasteiger partial charge in [-0.3, -0.25) is 4.98 Å². The zero-order chi connectivity index (χ0) is 14.5. The molecule has 1 saturated carbocycles. The summed E-state index contributed by atoms with van der Waals surface area (Å²) in [6.45, 7) is 4.55.